The Bertz CT molecular complexity index is 368. The second-order valence-electron chi connectivity index (χ2n) is 2.54. The highest BCUT2D eigenvalue weighted by molar-refractivity contribution is 7.92. The Kier molecular flexibility index (Phi) is 2.10. The van der Waals surface area contributed by atoms with Crippen LogP contribution in [0.2, 0.25) is 0 Å². The maximum absolute atomic E-state index is 11.0. The van der Waals surface area contributed by atoms with E-state index in [1.165, 1.54) is 13.2 Å². The first-order valence-electron chi connectivity index (χ1n) is 3.28. The lowest BCUT2D eigenvalue weighted by molar-refractivity contribution is 0.427. The van der Waals surface area contributed by atoms with Crippen molar-refractivity contribution in [1.82, 2.24) is 5.16 Å². The third kappa shape index (κ3) is 1.58. The van der Waals surface area contributed by atoms with Crippen molar-refractivity contribution in [2.75, 3.05) is 17.6 Å². The molecule has 0 amide bonds. The van der Waals surface area contributed by atoms with Gasteiger partial charge in [0.2, 0.25) is 15.9 Å². The minimum absolute atomic E-state index is 0.262. The van der Waals surface area contributed by atoms with Crippen LogP contribution in [-0.2, 0) is 10.0 Å². The molecule has 1 rings (SSSR count). The SMILES string of the molecule is Cc1cnoc1N(C)S(C)(=O)=O. The third-order valence-corrected chi connectivity index (χ3v) is 2.67. The van der Waals surface area contributed by atoms with E-state index >= 15 is 0 Å². The van der Waals surface area contributed by atoms with Crippen molar-refractivity contribution >= 4 is 15.9 Å². The summed E-state index contributed by atoms with van der Waals surface area (Å²) in [5.74, 6) is 0.262. The van der Waals surface area contributed by atoms with Gasteiger partial charge in [0.15, 0.2) is 0 Å². The van der Waals surface area contributed by atoms with Crippen molar-refractivity contribution in [3.8, 4) is 0 Å². The lowest BCUT2D eigenvalue weighted by Gasteiger charge is -2.12. The van der Waals surface area contributed by atoms with Crippen molar-refractivity contribution in [2.24, 2.45) is 0 Å². The average molecular weight is 190 g/mol. The molecule has 0 saturated heterocycles. The van der Waals surface area contributed by atoms with E-state index in [1.54, 1.807) is 6.92 Å². The fourth-order valence-corrected chi connectivity index (χ4v) is 1.22. The summed E-state index contributed by atoms with van der Waals surface area (Å²) >= 11 is 0. The zero-order valence-electron chi connectivity index (χ0n) is 7.10. The van der Waals surface area contributed by atoms with E-state index in [0.717, 1.165) is 10.6 Å². The van der Waals surface area contributed by atoms with Gasteiger partial charge in [-0.05, 0) is 6.92 Å². The minimum atomic E-state index is -3.25. The van der Waals surface area contributed by atoms with Gasteiger partial charge < -0.3 is 4.52 Å². The predicted molar refractivity (Wildman–Crippen MR) is 44.5 cm³/mol. The average Bonchev–Trinajstić information content (AvgIpc) is 2.31. The van der Waals surface area contributed by atoms with Crippen LogP contribution in [0.1, 0.15) is 5.56 Å². The van der Waals surface area contributed by atoms with Crippen molar-refractivity contribution < 1.29 is 12.9 Å². The number of rotatable bonds is 2. The summed E-state index contributed by atoms with van der Waals surface area (Å²) in [6.07, 6.45) is 2.58. The van der Waals surface area contributed by atoms with Crippen molar-refractivity contribution in [3.63, 3.8) is 0 Å². The first-order chi connectivity index (χ1) is 5.43. The third-order valence-electron chi connectivity index (χ3n) is 1.51. The molecule has 1 aromatic heterocycles. The monoisotopic (exact) mass is 190 g/mol. The molecule has 0 fully saturated rings. The second-order valence-corrected chi connectivity index (χ2v) is 4.56. The van der Waals surface area contributed by atoms with Gasteiger partial charge in [0.1, 0.15) is 0 Å². The molecule has 0 aliphatic carbocycles. The van der Waals surface area contributed by atoms with E-state index in [0.29, 0.717) is 5.56 Å². The van der Waals surface area contributed by atoms with Crippen molar-refractivity contribution in [2.45, 2.75) is 6.92 Å². The molecule has 0 spiro atoms. The molecule has 68 valence electrons. The molecule has 1 aromatic rings. The topological polar surface area (TPSA) is 63.4 Å². The molecule has 1 heterocycles. The summed E-state index contributed by atoms with van der Waals surface area (Å²) in [4.78, 5) is 0. The van der Waals surface area contributed by atoms with Gasteiger partial charge in [-0.1, -0.05) is 5.16 Å². The van der Waals surface area contributed by atoms with Crippen LogP contribution < -0.4 is 4.31 Å². The van der Waals surface area contributed by atoms with Gasteiger partial charge in [0, 0.05) is 12.6 Å². The normalized spacial score (nSPS) is 11.6. The molecule has 0 aliphatic heterocycles. The number of aryl methyl sites for hydroxylation is 1. The van der Waals surface area contributed by atoms with E-state index < -0.39 is 10.0 Å². The lowest BCUT2D eigenvalue weighted by atomic mass is 10.4. The Morgan fingerprint density at radius 1 is 1.58 bits per heavy atom. The Hall–Kier alpha value is -1.04. The number of aromatic nitrogens is 1. The fraction of sp³-hybridized carbons (Fsp3) is 0.500. The second kappa shape index (κ2) is 2.78. The maximum Gasteiger partial charge on any atom is 0.243 e. The zero-order chi connectivity index (χ0) is 9.35. The van der Waals surface area contributed by atoms with Crippen LogP contribution in [0.5, 0.6) is 0 Å². The van der Waals surface area contributed by atoms with Gasteiger partial charge in [-0.25, -0.2) is 12.7 Å². The Balaban J connectivity index is 3.09. The summed E-state index contributed by atoms with van der Waals surface area (Å²) in [5, 5.41) is 3.48. The van der Waals surface area contributed by atoms with E-state index in [4.69, 9.17) is 4.52 Å². The number of nitrogens with zero attached hydrogens (tertiary/aromatic N) is 2. The fourth-order valence-electron chi connectivity index (χ4n) is 0.739. The van der Waals surface area contributed by atoms with Crippen molar-refractivity contribution in [3.05, 3.63) is 11.8 Å². The van der Waals surface area contributed by atoms with Crippen LogP contribution >= 0.6 is 0 Å². The summed E-state index contributed by atoms with van der Waals surface area (Å²) in [7, 11) is -1.83. The maximum atomic E-state index is 11.0. The molecule has 0 aliphatic rings. The molecule has 0 saturated carbocycles. The Labute approximate surface area is 71.0 Å². The molecule has 0 aromatic carbocycles. The summed E-state index contributed by atoms with van der Waals surface area (Å²) < 4.78 is 27.8. The number of anilines is 1. The zero-order valence-corrected chi connectivity index (χ0v) is 7.92. The van der Waals surface area contributed by atoms with E-state index in [-0.39, 0.29) is 5.88 Å². The van der Waals surface area contributed by atoms with Gasteiger partial charge >= 0.3 is 0 Å². The highest BCUT2D eigenvalue weighted by atomic mass is 32.2. The molecular formula is C6H10N2O3S. The smallest absolute Gasteiger partial charge is 0.243 e. The van der Waals surface area contributed by atoms with E-state index in [9.17, 15) is 8.42 Å². The molecule has 0 bridgehead atoms. The predicted octanol–water partition coefficient (Wildman–Crippen LogP) is 0.379. The first-order valence-corrected chi connectivity index (χ1v) is 5.13. The van der Waals surface area contributed by atoms with Crippen LogP contribution in [0.25, 0.3) is 0 Å². The summed E-state index contributed by atoms with van der Waals surface area (Å²) in [6, 6.07) is 0. The minimum Gasteiger partial charge on any atom is -0.337 e. The highest BCUT2D eigenvalue weighted by Gasteiger charge is 2.17. The molecule has 5 nitrogen and oxygen atoms in total. The van der Waals surface area contributed by atoms with Crippen LogP contribution in [0.3, 0.4) is 0 Å². The Morgan fingerprint density at radius 2 is 2.17 bits per heavy atom. The van der Waals surface area contributed by atoms with E-state index in [1.807, 2.05) is 0 Å². The number of hydrogen-bond donors (Lipinski definition) is 0. The number of sulfonamides is 1. The largest absolute Gasteiger partial charge is 0.337 e. The summed E-state index contributed by atoms with van der Waals surface area (Å²) in [5.41, 5.74) is 0.697. The van der Waals surface area contributed by atoms with Crippen LogP contribution in [-0.4, -0.2) is 26.9 Å². The van der Waals surface area contributed by atoms with Crippen molar-refractivity contribution in [1.29, 1.82) is 0 Å². The van der Waals surface area contributed by atoms with Gasteiger partial charge in [-0.3, -0.25) is 0 Å². The quantitative estimate of drug-likeness (QED) is 0.676. The van der Waals surface area contributed by atoms with Gasteiger partial charge in [-0.15, -0.1) is 0 Å². The summed E-state index contributed by atoms with van der Waals surface area (Å²) in [6.45, 7) is 1.73. The van der Waals surface area contributed by atoms with Gasteiger partial charge in [-0.2, -0.15) is 0 Å². The molecule has 0 atom stereocenters. The number of hydrogen-bond acceptors (Lipinski definition) is 4. The van der Waals surface area contributed by atoms with Gasteiger partial charge in [0.25, 0.3) is 0 Å². The molecule has 0 N–H and O–H groups in total. The Morgan fingerprint density at radius 3 is 2.50 bits per heavy atom. The highest BCUT2D eigenvalue weighted by Crippen LogP contribution is 2.19. The lowest BCUT2D eigenvalue weighted by Crippen LogP contribution is -2.24. The van der Waals surface area contributed by atoms with Gasteiger partial charge in [0.05, 0.1) is 12.5 Å². The molecule has 0 radical (unpaired) electrons. The first kappa shape index (κ1) is 9.05. The van der Waals surface area contributed by atoms with Crippen LogP contribution in [0.15, 0.2) is 10.7 Å². The molecular weight excluding hydrogens is 180 g/mol. The molecule has 0 unspecified atom stereocenters. The standard InChI is InChI=1S/C6H10N2O3S/c1-5-4-7-11-6(5)8(2)12(3,9)10/h4H,1-3H3. The molecule has 6 heteroatoms. The van der Waals surface area contributed by atoms with Crippen LogP contribution in [0.4, 0.5) is 5.88 Å². The molecule has 12 heavy (non-hydrogen) atoms. The van der Waals surface area contributed by atoms with Crippen LogP contribution in [0, 0.1) is 6.92 Å². The van der Waals surface area contributed by atoms with E-state index in [2.05, 4.69) is 5.16 Å².